The maximum atomic E-state index is 8.98. The van der Waals surface area contributed by atoms with Crippen LogP contribution in [-0.2, 0) is 0 Å². The van der Waals surface area contributed by atoms with Crippen molar-refractivity contribution in [1.82, 2.24) is 5.32 Å². The number of hydrogen-bond acceptors (Lipinski definition) is 4. The van der Waals surface area contributed by atoms with E-state index in [-0.39, 0.29) is 6.61 Å². The SMILES string of the molecule is CSCC(C)CNC[C@H](O)CO. The number of thioether (sulfide) groups is 1. The van der Waals surface area contributed by atoms with Crippen molar-refractivity contribution in [2.45, 2.75) is 13.0 Å². The molecule has 0 spiro atoms. The first-order valence-electron chi connectivity index (χ1n) is 4.19. The summed E-state index contributed by atoms with van der Waals surface area (Å²) in [5.41, 5.74) is 0. The van der Waals surface area contributed by atoms with E-state index < -0.39 is 6.10 Å². The molecule has 0 amide bonds. The van der Waals surface area contributed by atoms with Gasteiger partial charge >= 0.3 is 0 Å². The third-order valence-electron chi connectivity index (χ3n) is 1.53. The van der Waals surface area contributed by atoms with Gasteiger partial charge in [0.25, 0.3) is 0 Å². The normalized spacial score (nSPS) is 16.0. The monoisotopic (exact) mass is 193 g/mol. The number of nitrogens with one attached hydrogen (secondary N) is 1. The summed E-state index contributed by atoms with van der Waals surface area (Å²) in [6.07, 6.45) is 1.46. The van der Waals surface area contributed by atoms with Crippen molar-refractivity contribution in [2.75, 3.05) is 31.7 Å². The largest absolute Gasteiger partial charge is 0.394 e. The minimum Gasteiger partial charge on any atom is -0.394 e. The fraction of sp³-hybridized carbons (Fsp3) is 1.00. The molecule has 0 saturated heterocycles. The Bertz CT molecular complexity index is 103. The number of rotatable bonds is 7. The summed E-state index contributed by atoms with van der Waals surface area (Å²) in [5, 5.41) is 20.6. The van der Waals surface area contributed by atoms with Crippen LogP contribution in [-0.4, -0.2) is 48.0 Å². The molecule has 0 aromatic rings. The first-order valence-corrected chi connectivity index (χ1v) is 5.58. The van der Waals surface area contributed by atoms with Gasteiger partial charge in [-0.2, -0.15) is 11.8 Å². The van der Waals surface area contributed by atoms with Crippen LogP contribution in [0.3, 0.4) is 0 Å². The minimum absolute atomic E-state index is 0.163. The summed E-state index contributed by atoms with van der Waals surface area (Å²) in [6.45, 7) is 3.38. The van der Waals surface area contributed by atoms with Gasteiger partial charge in [0.05, 0.1) is 12.7 Å². The number of aliphatic hydroxyl groups is 2. The van der Waals surface area contributed by atoms with Crippen LogP contribution in [0.1, 0.15) is 6.92 Å². The van der Waals surface area contributed by atoms with Gasteiger partial charge in [-0.1, -0.05) is 6.92 Å². The predicted octanol–water partition coefficient (Wildman–Crippen LogP) is -0.0717. The minimum atomic E-state index is -0.619. The maximum absolute atomic E-state index is 8.98. The molecule has 2 atom stereocenters. The Balaban J connectivity index is 3.18. The molecule has 4 heteroatoms. The Morgan fingerprint density at radius 2 is 2.08 bits per heavy atom. The zero-order chi connectivity index (χ0) is 9.40. The van der Waals surface area contributed by atoms with E-state index >= 15 is 0 Å². The molecule has 0 aromatic carbocycles. The molecular weight excluding hydrogens is 174 g/mol. The fourth-order valence-corrected chi connectivity index (χ4v) is 1.59. The zero-order valence-corrected chi connectivity index (χ0v) is 8.60. The first-order chi connectivity index (χ1) is 5.70. The van der Waals surface area contributed by atoms with E-state index in [1.165, 1.54) is 0 Å². The molecule has 0 aromatic heterocycles. The van der Waals surface area contributed by atoms with Gasteiger partial charge in [-0.25, -0.2) is 0 Å². The highest BCUT2D eigenvalue weighted by Crippen LogP contribution is 2.02. The summed E-state index contributed by atoms with van der Waals surface area (Å²) < 4.78 is 0. The molecule has 0 heterocycles. The first kappa shape index (κ1) is 12.2. The Labute approximate surface area is 78.6 Å². The van der Waals surface area contributed by atoms with Gasteiger partial charge in [-0.05, 0) is 24.5 Å². The summed E-state index contributed by atoms with van der Waals surface area (Å²) in [5.74, 6) is 1.74. The molecule has 0 aliphatic carbocycles. The topological polar surface area (TPSA) is 52.5 Å². The van der Waals surface area contributed by atoms with Gasteiger partial charge in [0.15, 0.2) is 0 Å². The lowest BCUT2D eigenvalue weighted by Crippen LogP contribution is -2.32. The third-order valence-corrected chi connectivity index (χ3v) is 2.44. The fourth-order valence-electron chi connectivity index (χ4n) is 0.904. The molecule has 0 saturated carbocycles. The highest BCUT2D eigenvalue weighted by molar-refractivity contribution is 7.98. The molecule has 0 aliphatic heterocycles. The van der Waals surface area contributed by atoms with Crippen molar-refractivity contribution in [3.63, 3.8) is 0 Å². The van der Waals surface area contributed by atoms with Crippen LogP contribution >= 0.6 is 11.8 Å². The Kier molecular flexibility index (Phi) is 8.01. The molecule has 3 nitrogen and oxygen atoms in total. The highest BCUT2D eigenvalue weighted by Gasteiger charge is 2.03. The lowest BCUT2D eigenvalue weighted by atomic mass is 10.2. The highest BCUT2D eigenvalue weighted by atomic mass is 32.2. The molecule has 0 bridgehead atoms. The van der Waals surface area contributed by atoms with Gasteiger partial charge in [-0.15, -0.1) is 0 Å². The second kappa shape index (κ2) is 7.86. The molecule has 74 valence electrons. The number of aliphatic hydroxyl groups excluding tert-OH is 2. The van der Waals surface area contributed by atoms with Gasteiger partial charge in [0.2, 0.25) is 0 Å². The van der Waals surface area contributed by atoms with Crippen LogP contribution in [0.5, 0.6) is 0 Å². The van der Waals surface area contributed by atoms with Crippen molar-refractivity contribution in [3.8, 4) is 0 Å². The average molecular weight is 193 g/mol. The Morgan fingerprint density at radius 1 is 1.42 bits per heavy atom. The zero-order valence-electron chi connectivity index (χ0n) is 7.79. The van der Waals surface area contributed by atoms with Crippen LogP contribution in [0.25, 0.3) is 0 Å². The van der Waals surface area contributed by atoms with Crippen LogP contribution in [0.4, 0.5) is 0 Å². The summed E-state index contributed by atoms with van der Waals surface area (Å²) in [4.78, 5) is 0. The Hall–Kier alpha value is 0.230. The molecule has 0 fully saturated rings. The molecule has 12 heavy (non-hydrogen) atoms. The lowest BCUT2D eigenvalue weighted by Gasteiger charge is -2.12. The van der Waals surface area contributed by atoms with Gasteiger partial charge in [0, 0.05) is 6.54 Å². The predicted molar refractivity (Wildman–Crippen MR) is 53.5 cm³/mol. The van der Waals surface area contributed by atoms with Crippen molar-refractivity contribution in [2.24, 2.45) is 5.92 Å². The van der Waals surface area contributed by atoms with E-state index in [0.29, 0.717) is 12.5 Å². The summed E-state index contributed by atoms with van der Waals surface area (Å²) in [7, 11) is 0. The second-order valence-electron chi connectivity index (χ2n) is 3.06. The van der Waals surface area contributed by atoms with Gasteiger partial charge in [0.1, 0.15) is 0 Å². The molecule has 3 N–H and O–H groups in total. The van der Waals surface area contributed by atoms with E-state index in [2.05, 4.69) is 18.5 Å². The van der Waals surface area contributed by atoms with Crippen LogP contribution < -0.4 is 5.32 Å². The quantitative estimate of drug-likeness (QED) is 0.530. The molecular formula is C8H19NO2S. The number of hydrogen-bond donors (Lipinski definition) is 3. The van der Waals surface area contributed by atoms with Crippen molar-refractivity contribution in [1.29, 1.82) is 0 Å². The second-order valence-corrected chi connectivity index (χ2v) is 3.97. The Morgan fingerprint density at radius 3 is 2.58 bits per heavy atom. The van der Waals surface area contributed by atoms with Crippen molar-refractivity contribution < 1.29 is 10.2 Å². The summed E-state index contributed by atoms with van der Waals surface area (Å²) >= 11 is 1.82. The standard InChI is InChI=1S/C8H19NO2S/c1-7(6-12-2)3-9-4-8(11)5-10/h7-11H,3-6H2,1-2H3/t7?,8-/m0/s1. The van der Waals surface area contributed by atoms with Crippen LogP contribution in [0.15, 0.2) is 0 Å². The van der Waals surface area contributed by atoms with E-state index in [9.17, 15) is 0 Å². The molecule has 0 aliphatic rings. The van der Waals surface area contributed by atoms with E-state index in [1.807, 2.05) is 11.8 Å². The lowest BCUT2D eigenvalue weighted by molar-refractivity contribution is 0.0940. The smallest absolute Gasteiger partial charge is 0.0894 e. The third kappa shape index (κ3) is 6.91. The van der Waals surface area contributed by atoms with E-state index in [1.54, 1.807) is 0 Å². The molecule has 1 unspecified atom stereocenters. The average Bonchev–Trinajstić information content (AvgIpc) is 2.04. The van der Waals surface area contributed by atoms with Crippen LogP contribution in [0, 0.1) is 5.92 Å². The molecule has 0 radical (unpaired) electrons. The van der Waals surface area contributed by atoms with Gasteiger partial charge in [-0.3, -0.25) is 0 Å². The maximum Gasteiger partial charge on any atom is 0.0894 e. The van der Waals surface area contributed by atoms with E-state index in [4.69, 9.17) is 10.2 Å². The van der Waals surface area contributed by atoms with Crippen molar-refractivity contribution in [3.05, 3.63) is 0 Å². The summed E-state index contributed by atoms with van der Waals surface area (Å²) in [6, 6.07) is 0. The van der Waals surface area contributed by atoms with Gasteiger partial charge < -0.3 is 15.5 Å². The molecule has 0 rings (SSSR count). The van der Waals surface area contributed by atoms with Crippen LogP contribution in [0.2, 0.25) is 0 Å². The van der Waals surface area contributed by atoms with Crippen molar-refractivity contribution >= 4 is 11.8 Å². The van der Waals surface area contributed by atoms with E-state index in [0.717, 1.165) is 12.3 Å².